The van der Waals surface area contributed by atoms with Crippen LogP contribution in [0.4, 0.5) is 0 Å². The van der Waals surface area contributed by atoms with Crippen molar-refractivity contribution in [3.63, 3.8) is 0 Å². The number of benzene rings is 2. The lowest BCUT2D eigenvalue weighted by Gasteiger charge is -2.27. The normalized spacial score (nSPS) is 10.8. The molecule has 0 bridgehead atoms. The van der Waals surface area contributed by atoms with E-state index in [1.807, 2.05) is 61.2 Å². The van der Waals surface area contributed by atoms with Gasteiger partial charge in [0, 0.05) is 24.6 Å². The van der Waals surface area contributed by atoms with Gasteiger partial charge in [0.25, 0.3) is 5.91 Å². The van der Waals surface area contributed by atoms with E-state index in [4.69, 9.17) is 18.0 Å². The summed E-state index contributed by atoms with van der Waals surface area (Å²) < 4.78 is 0. The van der Waals surface area contributed by atoms with E-state index in [1.54, 1.807) is 0 Å². The first-order valence-corrected chi connectivity index (χ1v) is 7.48. The summed E-state index contributed by atoms with van der Waals surface area (Å²) in [6, 6.07) is 13.8. The van der Waals surface area contributed by atoms with Gasteiger partial charge in [-0.3, -0.25) is 4.79 Å². The minimum Gasteiger partial charge on any atom is -0.393 e. The molecule has 21 heavy (non-hydrogen) atoms. The minimum absolute atomic E-state index is 0.0260. The predicted molar refractivity (Wildman–Crippen MR) is 91.5 cm³/mol. The number of carbonyl (C=O) groups is 1. The molecule has 0 heterocycles. The third-order valence-electron chi connectivity index (χ3n) is 3.50. The Morgan fingerprint density at radius 1 is 1.19 bits per heavy atom. The summed E-state index contributed by atoms with van der Waals surface area (Å²) in [6.07, 6.45) is 0.546. The number of rotatable bonds is 5. The molecule has 1 amide bonds. The molecule has 2 N–H and O–H groups in total. The highest BCUT2D eigenvalue weighted by molar-refractivity contribution is 7.80. The molecule has 0 fully saturated rings. The van der Waals surface area contributed by atoms with E-state index in [2.05, 4.69) is 0 Å². The first-order chi connectivity index (χ1) is 10.0. The van der Waals surface area contributed by atoms with Gasteiger partial charge in [-0.05, 0) is 30.7 Å². The maximum atomic E-state index is 12.9. The van der Waals surface area contributed by atoms with Gasteiger partial charge in [-0.2, -0.15) is 0 Å². The first kappa shape index (κ1) is 15.4. The zero-order valence-electron chi connectivity index (χ0n) is 12.4. The lowest BCUT2D eigenvalue weighted by molar-refractivity contribution is 0.0713. The van der Waals surface area contributed by atoms with Gasteiger partial charge in [0.2, 0.25) is 0 Å². The van der Waals surface area contributed by atoms with Crippen LogP contribution in [0.15, 0.2) is 42.5 Å². The molecule has 0 saturated carbocycles. The molecule has 2 rings (SSSR count). The minimum atomic E-state index is 0.0260. The SMILES string of the molecule is CC(C)N(CCC(N)=S)C(=O)c1cccc2ccccc12. The summed E-state index contributed by atoms with van der Waals surface area (Å²) in [5, 5.41) is 2.05. The molecule has 2 aromatic rings. The average molecular weight is 300 g/mol. The van der Waals surface area contributed by atoms with Crippen molar-refractivity contribution < 1.29 is 4.79 Å². The molecule has 0 aliphatic rings. The molecular formula is C17H20N2OS. The largest absolute Gasteiger partial charge is 0.393 e. The van der Waals surface area contributed by atoms with Crippen molar-refractivity contribution in [3.05, 3.63) is 48.0 Å². The zero-order chi connectivity index (χ0) is 15.4. The van der Waals surface area contributed by atoms with E-state index in [1.165, 1.54) is 0 Å². The van der Waals surface area contributed by atoms with Crippen molar-refractivity contribution >= 4 is 33.9 Å². The number of hydrogen-bond donors (Lipinski definition) is 1. The van der Waals surface area contributed by atoms with Crippen molar-refractivity contribution in [2.45, 2.75) is 26.3 Å². The highest BCUT2D eigenvalue weighted by atomic mass is 32.1. The van der Waals surface area contributed by atoms with Crippen LogP contribution in [-0.2, 0) is 0 Å². The lowest BCUT2D eigenvalue weighted by atomic mass is 10.0. The molecule has 110 valence electrons. The van der Waals surface area contributed by atoms with Gasteiger partial charge in [-0.1, -0.05) is 48.6 Å². The predicted octanol–water partition coefficient (Wildman–Crippen LogP) is 3.37. The molecule has 3 nitrogen and oxygen atoms in total. The van der Waals surface area contributed by atoms with E-state index >= 15 is 0 Å². The summed E-state index contributed by atoms with van der Waals surface area (Å²) in [5.41, 5.74) is 6.29. The Labute approximate surface area is 130 Å². The van der Waals surface area contributed by atoms with E-state index < -0.39 is 0 Å². The van der Waals surface area contributed by atoms with E-state index in [9.17, 15) is 4.79 Å². The first-order valence-electron chi connectivity index (χ1n) is 7.07. The highest BCUT2D eigenvalue weighted by Gasteiger charge is 2.20. The molecular weight excluding hydrogens is 280 g/mol. The molecule has 0 unspecified atom stereocenters. The second kappa shape index (κ2) is 6.68. The Hall–Kier alpha value is -1.94. The van der Waals surface area contributed by atoms with E-state index in [0.717, 1.165) is 16.3 Å². The Morgan fingerprint density at radius 3 is 2.52 bits per heavy atom. The summed E-state index contributed by atoms with van der Waals surface area (Å²) in [5.74, 6) is 0.0260. The summed E-state index contributed by atoms with van der Waals surface area (Å²) in [6.45, 7) is 4.56. The molecule has 0 spiro atoms. The van der Waals surface area contributed by atoms with Crippen molar-refractivity contribution in [1.82, 2.24) is 4.90 Å². The number of nitrogens with two attached hydrogens (primary N) is 1. The van der Waals surface area contributed by atoms with Gasteiger partial charge in [-0.15, -0.1) is 0 Å². The fourth-order valence-corrected chi connectivity index (χ4v) is 2.48. The van der Waals surface area contributed by atoms with E-state index in [-0.39, 0.29) is 11.9 Å². The Kier molecular flexibility index (Phi) is 4.91. The second-order valence-electron chi connectivity index (χ2n) is 5.34. The average Bonchev–Trinajstić information content (AvgIpc) is 2.46. The van der Waals surface area contributed by atoms with Crippen molar-refractivity contribution in [3.8, 4) is 0 Å². The van der Waals surface area contributed by atoms with Crippen LogP contribution in [0.5, 0.6) is 0 Å². The molecule has 0 aliphatic carbocycles. The lowest BCUT2D eigenvalue weighted by Crippen LogP contribution is -2.39. The zero-order valence-corrected chi connectivity index (χ0v) is 13.2. The van der Waals surface area contributed by atoms with Gasteiger partial charge in [0.05, 0.1) is 4.99 Å². The fraction of sp³-hybridized carbons (Fsp3) is 0.294. The van der Waals surface area contributed by atoms with Crippen LogP contribution in [0.3, 0.4) is 0 Å². The third-order valence-corrected chi connectivity index (χ3v) is 3.71. The van der Waals surface area contributed by atoms with Crippen LogP contribution in [0.25, 0.3) is 10.8 Å². The molecule has 0 aromatic heterocycles. The van der Waals surface area contributed by atoms with Crippen LogP contribution in [0, 0.1) is 0 Å². The van der Waals surface area contributed by atoms with Crippen LogP contribution < -0.4 is 5.73 Å². The van der Waals surface area contributed by atoms with Gasteiger partial charge in [0.1, 0.15) is 0 Å². The summed E-state index contributed by atoms with van der Waals surface area (Å²) in [4.78, 5) is 15.1. The van der Waals surface area contributed by atoms with Gasteiger partial charge < -0.3 is 10.6 Å². The quantitative estimate of drug-likeness (QED) is 0.861. The van der Waals surface area contributed by atoms with Crippen molar-refractivity contribution in [2.24, 2.45) is 5.73 Å². The van der Waals surface area contributed by atoms with Gasteiger partial charge >= 0.3 is 0 Å². The van der Waals surface area contributed by atoms with Crippen LogP contribution in [0.2, 0.25) is 0 Å². The van der Waals surface area contributed by atoms with E-state index in [0.29, 0.717) is 18.0 Å². The fourth-order valence-electron chi connectivity index (χ4n) is 2.39. The molecule has 0 saturated heterocycles. The molecule has 4 heteroatoms. The third kappa shape index (κ3) is 3.58. The Balaban J connectivity index is 2.37. The Morgan fingerprint density at radius 2 is 1.86 bits per heavy atom. The molecule has 0 atom stereocenters. The second-order valence-corrected chi connectivity index (χ2v) is 5.86. The topological polar surface area (TPSA) is 46.3 Å². The van der Waals surface area contributed by atoms with Crippen molar-refractivity contribution in [1.29, 1.82) is 0 Å². The molecule has 0 radical (unpaired) electrons. The maximum Gasteiger partial charge on any atom is 0.254 e. The summed E-state index contributed by atoms with van der Waals surface area (Å²) in [7, 11) is 0. The number of nitrogens with zero attached hydrogens (tertiary/aromatic N) is 1. The number of thiocarbonyl (C=S) groups is 1. The van der Waals surface area contributed by atoms with Crippen LogP contribution >= 0.6 is 12.2 Å². The van der Waals surface area contributed by atoms with Gasteiger partial charge in [-0.25, -0.2) is 0 Å². The number of hydrogen-bond acceptors (Lipinski definition) is 2. The summed E-state index contributed by atoms with van der Waals surface area (Å²) >= 11 is 4.92. The maximum absolute atomic E-state index is 12.9. The van der Waals surface area contributed by atoms with Crippen LogP contribution in [0.1, 0.15) is 30.6 Å². The highest BCUT2D eigenvalue weighted by Crippen LogP contribution is 2.21. The van der Waals surface area contributed by atoms with Crippen LogP contribution in [-0.4, -0.2) is 28.4 Å². The molecule has 0 aliphatic heterocycles. The van der Waals surface area contributed by atoms with Gasteiger partial charge in [0.15, 0.2) is 0 Å². The monoisotopic (exact) mass is 300 g/mol. The number of fused-ring (bicyclic) bond motifs is 1. The molecule has 2 aromatic carbocycles. The number of amides is 1. The Bertz CT molecular complexity index is 661. The standard InChI is InChI=1S/C17H20N2OS/c1-12(2)19(11-10-16(18)21)17(20)15-9-5-7-13-6-3-4-8-14(13)15/h3-9,12H,10-11H2,1-2H3,(H2,18,21). The number of carbonyl (C=O) groups excluding carboxylic acids is 1. The van der Waals surface area contributed by atoms with Crippen molar-refractivity contribution in [2.75, 3.05) is 6.54 Å². The smallest absolute Gasteiger partial charge is 0.254 e.